The van der Waals surface area contributed by atoms with E-state index in [0.29, 0.717) is 0 Å². The average Bonchev–Trinajstić information content (AvgIpc) is 3.38. The zero-order valence-electron chi connectivity index (χ0n) is 12.5. The van der Waals surface area contributed by atoms with Crippen molar-refractivity contribution in [1.82, 2.24) is 0 Å². The summed E-state index contributed by atoms with van der Waals surface area (Å²) in [7, 11) is 0. The summed E-state index contributed by atoms with van der Waals surface area (Å²) in [6, 6.07) is 16.1. The Morgan fingerprint density at radius 3 is 2.10 bits per heavy atom. The number of hydrogen-bond acceptors (Lipinski definition) is 2. The van der Waals surface area contributed by atoms with Gasteiger partial charge in [-0.1, -0.05) is 43.3 Å². The number of benzene rings is 2. The van der Waals surface area contributed by atoms with Gasteiger partial charge in [0.2, 0.25) is 0 Å². The molecule has 2 aromatic rings. The molecule has 0 aromatic heterocycles. The van der Waals surface area contributed by atoms with Crippen molar-refractivity contribution in [3.8, 4) is 5.75 Å². The lowest BCUT2D eigenvalue weighted by atomic mass is 9.99. The van der Waals surface area contributed by atoms with E-state index in [1.54, 1.807) is 0 Å². The van der Waals surface area contributed by atoms with Gasteiger partial charge in [-0.25, -0.2) is 0 Å². The van der Waals surface area contributed by atoms with Crippen molar-refractivity contribution in [2.75, 3.05) is 6.61 Å². The fourth-order valence-corrected chi connectivity index (χ4v) is 2.53. The molecule has 0 radical (unpaired) electrons. The molecule has 0 saturated heterocycles. The van der Waals surface area contributed by atoms with Crippen molar-refractivity contribution in [1.29, 1.82) is 0 Å². The van der Waals surface area contributed by atoms with Gasteiger partial charge in [0, 0.05) is 0 Å². The van der Waals surface area contributed by atoms with Gasteiger partial charge >= 0.3 is 0 Å². The number of hydrogen-bond donors (Lipinski definition) is 1. The van der Waals surface area contributed by atoms with E-state index in [9.17, 15) is 5.11 Å². The first-order valence-corrected chi connectivity index (χ1v) is 7.78. The summed E-state index contributed by atoms with van der Waals surface area (Å²) < 4.78 is 5.56. The second-order valence-corrected chi connectivity index (χ2v) is 5.76. The molecule has 1 unspecified atom stereocenters. The third-order valence-electron chi connectivity index (χ3n) is 3.97. The van der Waals surface area contributed by atoms with E-state index in [1.165, 1.54) is 18.4 Å². The largest absolute Gasteiger partial charge is 0.494 e. The zero-order valence-corrected chi connectivity index (χ0v) is 12.5. The van der Waals surface area contributed by atoms with Crippen LogP contribution in [0.3, 0.4) is 0 Å². The highest BCUT2D eigenvalue weighted by molar-refractivity contribution is 5.36. The quantitative estimate of drug-likeness (QED) is 0.849. The number of aliphatic hydroxyl groups excluding tert-OH is 1. The van der Waals surface area contributed by atoms with Crippen LogP contribution >= 0.6 is 0 Å². The van der Waals surface area contributed by atoms with Crippen LogP contribution in [0, 0.1) is 0 Å². The molecule has 0 spiro atoms. The normalized spacial score (nSPS) is 15.7. The van der Waals surface area contributed by atoms with Gasteiger partial charge in [-0.05, 0) is 54.0 Å². The predicted octanol–water partition coefficient (Wildman–Crippen LogP) is 4.43. The highest BCUT2D eigenvalue weighted by Crippen LogP contribution is 2.40. The number of aliphatic hydroxyl groups is 1. The Bertz CT molecular complexity index is 568. The molecule has 2 heteroatoms. The molecule has 0 heterocycles. The van der Waals surface area contributed by atoms with Gasteiger partial charge in [-0.3, -0.25) is 0 Å². The van der Waals surface area contributed by atoms with Crippen molar-refractivity contribution in [2.24, 2.45) is 0 Å². The minimum absolute atomic E-state index is 0.571. The predicted molar refractivity (Wildman–Crippen MR) is 84.7 cm³/mol. The van der Waals surface area contributed by atoms with E-state index in [-0.39, 0.29) is 0 Å². The van der Waals surface area contributed by atoms with E-state index < -0.39 is 6.10 Å². The van der Waals surface area contributed by atoms with Gasteiger partial charge in [-0.15, -0.1) is 0 Å². The topological polar surface area (TPSA) is 29.5 Å². The van der Waals surface area contributed by atoms with Crippen LogP contribution < -0.4 is 4.74 Å². The SMILES string of the molecule is CCCOc1ccc(C(O)c2ccc(C3CC3)cc2)cc1. The molecule has 110 valence electrons. The van der Waals surface area contributed by atoms with Crippen LogP contribution in [0.1, 0.15) is 54.9 Å². The van der Waals surface area contributed by atoms with E-state index in [2.05, 4.69) is 19.1 Å². The minimum Gasteiger partial charge on any atom is -0.494 e. The van der Waals surface area contributed by atoms with Crippen LogP contribution in [-0.4, -0.2) is 11.7 Å². The maximum absolute atomic E-state index is 10.5. The second-order valence-electron chi connectivity index (χ2n) is 5.76. The molecular formula is C19H22O2. The molecule has 1 aliphatic carbocycles. The molecule has 2 aromatic carbocycles. The molecule has 1 fully saturated rings. The van der Waals surface area contributed by atoms with E-state index in [1.807, 2.05) is 36.4 Å². The highest BCUT2D eigenvalue weighted by Gasteiger charge is 2.23. The summed E-state index contributed by atoms with van der Waals surface area (Å²) in [5.74, 6) is 1.61. The molecule has 2 nitrogen and oxygen atoms in total. The molecule has 21 heavy (non-hydrogen) atoms. The summed E-state index contributed by atoms with van der Waals surface area (Å²) in [6.07, 6.45) is 3.04. The molecule has 0 bridgehead atoms. The summed E-state index contributed by atoms with van der Waals surface area (Å²) in [4.78, 5) is 0. The monoisotopic (exact) mass is 282 g/mol. The first-order valence-electron chi connectivity index (χ1n) is 7.78. The van der Waals surface area contributed by atoms with Crippen LogP contribution in [0.2, 0.25) is 0 Å². The third-order valence-corrected chi connectivity index (χ3v) is 3.97. The van der Waals surface area contributed by atoms with Gasteiger partial charge in [0.1, 0.15) is 11.9 Å². The first kappa shape index (κ1) is 14.2. The fraction of sp³-hybridized carbons (Fsp3) is 0.368. The molecule has 1 atom stereocenters. The van der Waals surface area contributed by atoms with Crippen LogP contribution in [-0.2, 0) is 0 Å². The Morgan fingerprint density at radius 2 is 1.57 bits per heavy atom. The van der Waals surface area contributed by atoms with Crippen molar-refractivity contribution in [3.05, 3.63) is 65.2 Å². The lowest BCUT2D eigenvalue weighted by Crippen LogP contribution is -2.00. The Labute approximate surface area is 126 Å². The molecule has 1 N–H and O–H groups in total. The van der Waals surface area contributed by atoms with Crippen molar-refractivity contribution >= 4 is 0 Å². The van der Waals surface area contributed by atoms with E-state index in [0.717, 1.165) is 35.8 Å². The smallest absolute Gasteiger partial charge is 0.119 e. The molecule has 3 rings (SSSR count). The molecule has 0 amide bonds. The Kier molecular flexibility index (Phi) is 4.26. The third kappa shape index (κ3) is 3.45. The zero-order chi connectivity index (χ0) is 14.7. The van der Waals surface area contributed by atoms with Crippen molar-refractivity contribution < 1.29 is 9.84 Å². The second kappa shape index (κ2) is 6.31. The molecule has 1 saturated carbocycles. The van der Waals surface area contributed by atoms with E-state index >= 15 is 0 Å². The summed E-state index contributed by atoms with van der Waals surface area (Å²) in [5, 5.41) is 10.5. The van der Waals surface area contributed by atoms with Gasteiger partial charge < -0.3 is 9.84 Å². The van der Waals surface area contributed by atoms with Gasteiger partial charge in [0.05, 0.1) is 6.61 Å². The Morgan fingerprint density at radius 1 is 1.00 bits per heavy atom. The first-order chi connectivity index (χ1) is 10.3. The van der Waals surface area contributed by atoms with Crippen LogP contribution in [0.5, 0.6) is 5.75 Å². The average molecular weight is 282 g/mol. The van der Waals surface area contributed by atoms with E-state index in [4.69, 9.17) is 4.74 Å². The van der Waals surface area contributed by atoms with Crippen molar-refractivity contribution in [3.63, 3.8) is 0 Å². The standard InChI is InChI=1S/C19H22O2/c1-2-13-21-18-11-9-17(10-12-18)19(20)16-7-5-15(6-8-16)14-3-4-14/h5-12,14,19-20H,2-4,13H2,1H3. The Balaban J connectivity index is 1.69. The molecule has 1 aliphatic rings. The van der Waals surface area contributed by atoms with Gasteiger partial charge in [0.15, 0.2) is 0 Å². The van der Waals surface area contributed by atoms with Crippen LogP contribution in [0.15, 0.2) is 48.5 Å². The lowest BCUT2D eigenvalue weighted by molar-refractivity contribution is 0.220. The molecule has 0 aliphatic heterocycles. The van der Waals surface area contributed by atoms with Gasteiger partial charge in [-0.2, -0.15) is 0 Å². The fourth-order valence-electron chi connectivity index (χ4n) is 2.53. The maximum Gasteiger partial charge on any atom is 0.119 e. The summed E-state index contributed by atoms with van der Waals surface area (Å²) >= 11 is 0. The lowest BCUT2D eigenvalue weighted by Gasteiger charge is -2.13. The highest BCUT2D eigenvalue weighted by atomic mass is 16.5. The summed E-state index contributed by atoms with van der Waals surface area (Å²) in [6.45, 7) is 2.81. The minimum atomic E-state index is -0.571. The molecular weight excluding hydrogens is 260 g/mol. The number of rotatable bonds is 6. The van der Waals surface area contributed by atoms with Crippen LogP contribution in [0.4, 0.5) is 0 Å². The van der Waals surface area contributed by atoms with Crippen molar-refractivity contribution in [2.45, 2.75) is 38.2 Å². The number of ether oxygens (including phenoxy) is 1. The van der Waals surface area contributed by atoms with Gasteiger partial charge in [0.25, 0.3) is 0 Å². The summed E-state index contributed by atoms with van der Waals surface area (Å²) in [5.41, 5.74) is 3.24. The Hall–Kier alpha value is -1.80. The van der Waals surface area contributed by atoms with Crippen LogP contribution in [0.25, 0.3) is 0 Å². The maximum atomic E-state index is 10.5.